The van der Waals surface area contributed by atoms with Gasteiger partial charge in [-0.05, 0) is 6.07 Å². The summed E-state index contributed by atoms with van der Waals surface area (Å²) in [5.41, 5.74) is -0.716. The highest BCUT2D eigenvalue weighted by Crippen LogP contribution is 2.21. The number of ether oxygens (including phenoxy) is 1. The highest BCUT2D eigenvalue weighted by atomic mass is 19.2. The number of hydrogen-bond donors (Lipinski definition) is 1. The van der Waals surface area contributed by atoms with Crippen LogP contribution < -0.4 is 5.32 Å². The van der Waals surface area contributed by atoms with Crippen LogP contribution in [0.1, 0.15) is 24.2 Å². The van der Waals surface area contributed by atoms with Gasteiger partial charge in [0.2, 0.25) is 5.91 Å². The number of anilines is 1. The maximum Gasteiger partial charge on any atom is 0.348 e. The minimum atomic E-state index is -1.29. The molecule has 0 saturated heterocycles. The molecular weight excluding hydrogens is 248 g/mol. The van der Waals surface area contributed by atoms with Gasteiger partial charge in [-0.25, -0.2) is 13.6 Å². The number of nitrogens with one attached hydrogen (secondary N) is 1. The minimum absolute atomic E-state index is 0.271. The van der Waals surface area contributed by atoms with E-state index in [-0.39, 0.29) is 5.69 Å². The summed E-state index contributed by atoms with van der Waals surface area (Å²) in [6, 6.07) is 1.18. The molecular formula is C11H9F2NO4. The van der Waals surface area contributed by atoms with Gasteiger partial charge in [0.15, 0.2) is 11.6 Å². The van der Waals surface area contributed by atoms with Crippen LogP contribution in [0, 0.1) is 11.6 Å². The van der Waals surface area contributed by atoms with Crippen LogP contribution in [0.25, 0.3) is 0 Å². The summed E-state index contributed by atoms with van der Waals surface area (Å²) in [7, 11) is 0. The molecule has 96 valence electrons. The predicted octanol–water partition coefficient (Wildman–Crippen LogP) is 1.63. The Morgan fingerprint density at radius 2 is 1.67 bits per heavy atom. The van der Waals surface area contributed by atoms with Crippen molar-refractivity contribution in [3.8, 4) is 0 Å². The maximum atomic E-state index is 13.0. The van der Waals surface area contributed by atoms with Crippen molar-refractivity contribution in [3.05, 3.63) is 29.3 Å². The van der Waals surface area contributed by atoms with E-state index in [0.29, 0.717) is 12.1 Å². The van der Waals surface area contributed by atoms with Crippen molar-refractivity contribution >= 4 is 23.5 Å². The number of amides is 1. The first kappa shape index (κ1) is 13.8. The molecule has 0 spiro atoms. The number of esters is 2. The highest BCUT2D eigenvalue weighted by Gasteiger charge is 2.19. The van der Waals surface area contributed by atoms with Gasteiger partial charge in [-0.1, -0.05) is 0 Å². The Morgan fingerprint density at radius 3 is 2.17 bits per heavy atom. The van der Waals surface area contributed by atoms with Crippen LogP contribution >= 0.6 is 0 Å². The molecule has 0 aliphatic carbocycles. The van der Waals surface area contributed by atoms with E-state index < -0.39 is 35.0 Å². The monoisotopic (exact) mass is 257 g/mol. The first-order valence-corrected chi connectivity index (χ1v) is 4.80. The van der Waals surface area contributed by atoms with Crippen molar-refractivity contribution in [1.29, 1.82) is 0 Å². The third-order valence-corrected chi connectivity index (χ3v) is 1.83. The first-order chi connectivity index (χ1) is 8.31. The second kappa shape index (κ2) is 5.35. The number of hydrogen-bond acceptors (Lipinski definition) is 4. The SMILES string of the molecule is CC(=O)Nc1cc(F)c(F)cc1C(=O)OC(C)=O. The van der Waals surface area contributed by atoms with Gasteiger partial charge in [0, 0.05) is 19.9 Å². The lowest BCUT2D eigenvalue weighted by Crippen LogP contribution is -2.15. The van der Waals surface area contributed by atoms with Crippen molar-refractivity contribution in [2.75, 3.05) is 5.32 Å². The Hall–Kier alpha value is -2.31. The molecule has 18 heavy (non-hydrogen) atoms. The Bertz CT molecular complexity index is 528. The molecule has 0 aliphatic rings. The Balaban J connectivity index is 3.22. The molecule has 0 aliphatic heterocycles. The Labute approximate surface area is 101 Å². The zero-order chi connectivity index (χ0) is 13.9. The molecule has 0 heterocycles. The molecule has 0 fully saturated rings. The number of halogens is 2. The zero-order valence-electron chi connectivity index (χ0n) is 9.54. The van der Waals surface area contributed by atoms with E-state index >= 15 is 0 Å². The normalized spacial score (nSPS) is 9.78. The second-order valence-corrected chi connectivity index (χ2v) is 3.37. The van der Waals surface area contributed by atoms with E-state index in [1.807, 2.05) is 0 Å². The van der Waals surface area contributed by atoms with Crippen LogP contribution in [-0.2, 0) is 14.3 Å². The summed E-state index contributed by atoms with van der Waals surface area (Å²) in [4.78, 5) is 32.9. The number of benzene rings is 1. The topological polar surface area (TPSA) is 72.5 Å². The molecule has 0 atom stereocenters. The maximum absolute atomic E-state index is 13.0. The smallest absolute Gasteiger partial charge is 0.348 e. The lowest BCUT2D eigenvalue weighted by Gasteiger charge is -2.09. The van der Waals surface area contributed by atoms with E-state index in [4.69, 9.17) is 0 Å². The fourth-order valence-corrected chi connectivity index (χ4v) is 1.19. The van der Waals surface area contributed by atoms with Gasteiger partial charge in [-0.15, -0.1) is 0 Å². The van der Waals surface area contributed by atoms with Gasteiger partial charge >= 0.3 is 11.9 Å². The molecule has 1 aromatic carbocycles. The Kier molecular flexibility index (Phi) is 4.09. The minimum Gasteiger partial charge on any atom is -0.390 e. The Morgan fingerprint density at radius 1 is 1.11 bits per heavy atom. The average molecular weight is 257 g/mol. The summed E-state index contributed by atoms with van der Waals surface area (Å²) >= 11 is 0. The summed E-state index contributed by atoms with van der Waals surface area (Å²) in [5.74, 6) is -5.20. The van der Waals surface area contributed by atoms with Crippen molar-refractivity contribution in [1.82, 2.24) is 0 Å². The molecule has 0 bridgehead atoms. The van der Waals surface area contributed by atoms with E-state index in [9.17, 15) is 23.2 Å². The van der Waals surface area contributed by atoms with Gasteiger partial charge in [0.25, 0.3) is 0 Å². The number of carbonyl (C=O) groups excluding carboxylic acids is 3. The molecule has 0 radical (unpaired) electrons. The van der Waals surface area contributed by atoms with E-state index in [1.165, 1.54) is 0 Å². The third kappa shape index (κ3) is 3.34. The summed E-state index contributed by atoms with van der Waals surface area (Å²) < 4.78 is 30.2. The van der Waals surface area contributed by atoms with Gasteiger partial charge < -0.3 is 10.1 Å². The van der Waals surface area contributed by atoms with Crippen LogP contribution in [0.15, 0.2) is 12.1 Å². The summed E-state index contributed by atoms with van der Waals surface area (Å²) in [5, 5.41) is 2.14. The fraction of sp³-hybridized carbons (Fsp3) is 0.182. The number of rotatable bonds is 2. The van der Waals surface area contributed by atoms with Crippen LogP contribution in [-0.4, -0.2) is 17.8 Å². The predicted molar refractivity (Wildman–Crippen MR) is 56.8 cm³/mol. The van der Waals surface area contributed by atoms with E-state index in [1.54, 1.807) is 0 Å². The van der Waals surface area contributed by atoms with Crippen molar-refractivity contribution in [2.24, 2.45) is 0 Å². The van der Waals surface area contributed by atoms with Gasteiger partial charge in [0.1, 0.15) is 0 Å². The standard InChI is InChI=1S/C11H9F2NO4/c1-5(15)14-10-4-9(13)8(12)3-7(10)11(17)18-6(2)16/h3-4H,1-2H3,(H,14,15). The van der Waals surface area contributed by atoms with Gasteiger partial charge in [-0.2, -0.15) is 0 Å². The molecule has 1 rings (SSSR count). The van der Waals surface area contributed by atoms with Crippen LogP contribution in [0.4, 0.5) is 14.5 Å². The summed E-state index contributed by atoms with van der Waals surface area (Å²) in [6.07, 6.45) is 0. The lowest BCUT2D eigenvalue weighted by atomic mass is 10.1. The zero-order valence-corrected chi connectivity index (χ0v) is 9.54. The molecule has 5 nitrogen and oxygen atoms in total. The van der Waals surface area contributed by atoms with Gasteiger partial charge in [0.05, 0.1) is 11.3 Å². The average Bonchev–Trinajstić information content (AvgIpc) is 2.21. The molecule has 0 aromatic heterocycles. The van der Waals surface area contributed by atoms with Crippen molar-refractivity contribution in [3.63, 3.8) is 0 Å². The van der Waals surface area contributed by atoms with Crippen LogP contribution in [0.2, 0.25) is 0 Å². The van der Waals surface area contributed by atoms with Crippen LogP contribution in [0.3, 0.4) is 0 Å². The molecule has 1 amide bonds. The highest BCUT2D eigenvalue weighted by molar-refractivity contribution is 6.03. The first-order valence-electron chi connectivity index (χ1n) is 4.80. The lowest BCUT2D eigenvalue weighted by molar-refractivity contribution is -0.135. The van der Waals surface area contributed by atoms with E-state index in [0.717, 1.165) is 13.8 Å². The van der Waals surface area contributed by atoms with Crippen molar-refractivity contribution in [2.45, 2.75) is 13.8 Å². The number of carbonyl (C=O) groups is 3. The summed E-state index contributed by atoms with van der Waals surface area (Å²) in [6.45, 7) is 2.11. The fourth-order valence-electron chi connectivity index (χ4n) is 1.19. The van der Waals surface area contributed by atoms with E-state index in [2.05, 4.69) is 10.1 Å². The molecule has 0 unspecified atom stereocenters. The molecule has 1 aromatic rings. The van der Waals surface area contributed by atoms with Gasteiger partial charge in [-0.3, -0.25) is 9.59 Å². The van der Waals surface area contributed by atoms with Crippen molar-refractivity contribution < 1.29 is 27.9 Å². The third-order valence-electron chi connectivity index (χ3n) is 1.83. The quantitative estimate of drug-likeness (QED) is 0.645. The molecule has 7 heteroatoms. The van der Waals surface area contributed by atoms with Crippen LogP contribution in [0.5, 0.6) is 0 Å². The molecule has 0 saturated carbocycles. The second-order valence-electron chi connectivity index (χ2n) is 3.37. The molecule has 1 N–H and O–H groups in total. The largest absolute Gasteiger partial charge is 0.390 e.